The van der Waals surface area contributed by atoms with Crippen LogP contribution < -0.4 is 10.6 Å². The van der Waals surface area contributed by atoms with Crippen molar-refractivity contribution in [3.05, 3.63) is 0 Å². The molecule has 0 bridgehead atoms. The van der Waals surface area contributed by atoms with Crippen LogP contribution in [0.2, 0.25) is 0 Å². The van der Waals surface area contributed by atoms with E-state index in [1.807, 2.05) is 7.05 Å². The Bertz CT molecular complexity index is 332. The van der Waals surface area contributed by atoms with E-state index in [-0.39, 0.29) is 0 Å². The van der Waals surface area contributed by atoms with Gasteiger partial charge < -0.3 is 15.4 Å². The molecule has 1 fully saturated rings. The second-order valence-corrected chi connectivity index (χ2v) is 7.80. The lowest BCUT2D eigenvalue weighted by Gasteiger charge is -2.26. The van der Waals surface area contributed by atoms with Gasteiger partial charge in [0.1, 0.15) is 0 Å². The third kappa shape index (κ3) is 10.6. The van der Waals surface area contributed by atoms with Crippen LogP contribution in [0.3, 0.4) is 0 Å². The number of hydrogen-bond acceptors (Lipinski definition) is 3. The molecule has 1 aliphatic heterocycles. The number of unbranched alkanes of at least 4 members (excludes halogenated alkanes) is 1. The molecule has 0 radical (unpaired) electrons. The van der Waals surface area contributed by atoms with E-state index in [0.29, 0.717) is 11.5 Å². The molecule has 1 rings (SSSR count). The summed E-state index contributed by atoms with van der Waals surface area (Å²) in [6.45, 7) is 15.2. The minimum atomic E-state index is 0.395. The minimum absolute atomic E-state index is 0.395. The van der Waals surface area contributed by atoms with E-state index in [1.165, 1.54) is 32.2 Å². The van der Waals surface area contributed by atoms with Crippen molar-refractivity contribution in [2.45, 2.75) is 59.4 Å². The minimum Gasteiger partial charge on any atom is -0.379 e. The molecule has 0 aromatic heterocycles. The van der Waals surface area contributed by atoms with Gasteiger partial charge in [-0.3, -0.25) is 9.89 Å². The van der Waals surface area contributed by atoms with Gasteiger partial charge in [-0.25, -0.2) is 0 Å². The summed E-state index contributed by atoms with van der Waals surface area (Å²) in [5.74, 6) is 0.929. The van der Waals surface area contributed by atoms with E-state index in [1.54, 1.807) is 0 Å². The maximum absolute atomic E-state index is 5.37. The van der Waals surface area contributed by atoms with Crippen molar-refractivity contribution in [3.63, 3.8) is 0 Å². The summed E-state index contributed by atoms with van der Waals surface area (Å²) in [6.07, 6.45) is 4.79. The smallest absolute Gasteiger partial charge is 0.191 e. The first-order valence-corrected chi connectivity index (χ1v) is 9.18. The van der Waals surface area contributed by atoms with Crippen molar-refractivity contribution in [1.29, 1.82) is 0 Å². The van der Waals surface area contributed by atoms with Crippen molar-refractivity contribution in [3.8, 4) is 0 Å². The Hall–Kier alpha value is -0.810. The fourth-order valence-electron chi connectivity index (χ4n) is 2.64. The lowest BCUT2D eigenvalue weighted by Crippen LogP contribution is -2.43. The topological polar surface area (TPSA) is 48.9 Å². The number of hydrogen-bond donors (Lipinski definition) is 2. The molecule has 1 aliphatic rings. The molecule has 5 heteroatoms. The fraction of sp³-hybridized carbons (Fsp3) is 0.944. The van der Waals surface area contributed by atoms with Gasteiger partial charge in [0.25, 0.3) is 0 Å². The molecule has 2 N–H and O–H groups in total. The van der Waals surface area contributed by atoms with Crippen molar-refractivity contribution in [1.82, 2.24) is 15.5 Å². The standard InChI is InChI=1S/C18H38N4O/c1-16(8-9-18(2,3)4)21-17(19-5)20-10-6-7-11-22-12-14-23-15-13-22/h16H,6-15H2,1-5H3,(H2,19,20,21). The van der Waals surface area contributed by atoms with Crippen LogP contribution >= 0.6 is 0 Å². The average Bonchev–Trinajstić information content (AvgIpc) is 2.52. The number of nitrogens with zero attached hydrogens (tertiary/aromatic N) is 2. The molecular weight excluding hydrogens is 288 g/mol. The van der Waals surface area contributed by atoms with Gasteiger partial charge in [0.2, 0.25) is 0 Å². The van der Waals surface area contributed by atoms with Crippen LogP contribution in [0.25, 0.3) is 0 Å². The van der Waals surface area contributed by atoms with E-state index in [9.17, 15) is 0 Å². The first-order chi connectivity index (χ1) is 10.9. The number of guanidine groups is 1. The van der Waals surface area contributed by atoms with Gasteiger partial charge in [0.05, 0.1) is 13.2 Å². The number of aliphatic imine (C=N–C) groups is 1. The number of rotatable bonds is 8. The maximum atomic E-state index is 5.37. The van der Waals surface area contributed by atoms with Crippen LogP contribution in [0.15, 0.2) is 4.99 Å². The Kier molecular flexibility index (Phi) is 9.56. The lowest BCUT2D eigenvalue weighted by molar-refractivity contribution is 0.0372. The van der Waals surface area contributed by atoms with Crippen LogP contribution in [0.4, 0.5) is 0 Å². The molecule has 136 valence electrons. The molecule has 0 aromatic rings. The van der Waals surface area contributed by atoms with E-state index in [4.69, 9.17) is 4.74 Å². The van der Waals surface area contributed by atoms with E-state index < -0.39 is 0 Å². The van der Waals surface area contributed by atoms with Crippen LogP contribution in [-0.4, -0.2) is 63.3 Å². The third-order valence-corrected chi connectivity index (χ3v) is 4.23. The Balaban J connectivity index is 2.08. The molecule has 5 nitrogen and oxygen atoms in total. The monoisotopic (exact) mass is 326 g/mol. The summed E-state index contributed by atoms with van der Waals surface area (Å²) >= 11 is 0. The number of nitrogens with one attached hydrogen (secondary N) is 2. The maximum Gasteiger partial charge on any atom is 0.191 e. The highest BCUT2D eigenvalue weighted by atomic mass is 16.5. The Morgan fingerprint density at radius 1 is 1.22 bits per heavy atom. The largest absolute Gasteiger partial charge is 0.379 e. The Morgan fingerprint density at radius 2 is 1.91 bits per heavy atom. The molecule has 1 heterocycles. The second kappa shape index (κ2) is 10.9. The van der Waals surface area contributed by atoms with Crippen molar-refractivity contribution in [2.24, 2.45) is 10.4 Å². The molecule has 0 spiro atoms. The molecule has 1 unspecified atom stereocenters. The van der Waals surface area contributed by atoms with Gasteiger partial charge in [0, 0.05) is 32.7 Å². The summed E-state index contributed by atoms with van der Waals surface area (Å²) < 4.78 is 5.37. The molecular formula is C18H38N4O. The fourth-order valence-corrected chi connectivity index (χ4v) is 2.64. The molecule has 23 heavy (non-hydrogen) atoms. The summed E-state index contributed by atoms with van der Waals surface area (Å²) in [5, 5.41) is 6.92. The summed E-state index contributed by atoms with van der Waals surface area (Å²) in [5.41, 5.74) is 0.395. The normalized spacial score (nSPS) is 18.7. The summed E-state index contributed by atoms with van der Waals surface area (Å²) in [4.78, 5) is 6.82. The molecule has 0 saturated carbocycles. The van der Waals surface area contributed by atoms with E-state index in [2.05, 4.69) is 48.2 Å². The first kappa shape index (κ1) is 20.2. The first-order valence-electron chi connectivity index (χ1n) is 9.18. The van der Waals surface area contributed by atoms with Crippen molar-refractivity contribution >= 4 is 5.96 Å². The second-order valence-electron chi connectivity index (χ2n) is 7.80. The van der Waals surface area contributed by atoms with Gasteiger partial charge in [-0.2, -0.15) is 0 Å². The highest BCUT2D eigenvalue weighted by molar-refractivity contribution is 5.79. The van der Waals surface area contributed by atoms with Gasteiger partial charge >= 0.3 is 0 Å². The van der Waals surface area contributed by atoms with Crippen LogP contribution in [0, 0.1) is 5.41 Å². The van der Waals surface area contributed by atoms with Crippen LogP contribution in [0.5, 0.6) is 0 Å². The van der Waals surface area contributed by atoms with Gasteiger partial charge in [-0.05, 0) is 44.6 Å². The summed E-state index contributed by atoms with van der Waals surface area (Å²) in [6, 6.07) is 0.453. The SMILES string of the molecule is CN=C(NCCCCN1CCOCC1)NC(C)CCC(C)(C)C. The van der Waals surface area contributed by atoms with Gasteiger partial charge in [-0.15, -0.1) is 0 Å². The van der Waals surface area contributed by atoms with E-state index in [0.717, 1.165) is 38.8 Å². The highest BCUT2D eigenvalue weighted by Crippen LogP contribution is 2.21. The Labute approximate surface area is 143 Å². The molecule has 1 saturated heterocycles. The zero-order chi connectivity index (χ0) is 17.1. The highest BCUT2D eigenvalue weighted by Gasteiger charge is 2.13. The van der Waals surface area contributed by atoms with Crippen LogP contribution in [-0.2, 0) is 4.74 Å². The lowest BCUT2D eigenvalue weighted by atomic mass is 9.89. The number of morpholine rings is 1. The quantitative estimate of drug-likeness (QED) is 0.409. The predicted molar refractivity (Wildman–Crippen MR) is 99.1 cm³/mol. The molecule has 0 aliphatic carbocycles. The average molecular weight is 327 g/mol. The van der Waals surface area contributed by atoms with Gasteiger partial charge in [0.15, 0.2) is 5.96 Å². The molecule has 0 aromatic carbocycles. The third-order valence-electron chi connectivity index (χ3n) is 4.23. The summed E-state index contributed by atoms with van der Waals surface area (Å²) in [7, 11) is 1.85. The zero-order valence-corrected chi connectivity index (χ0v) is 16.0. The Morgan fingerprint density at radius 3 is 2.52 bits per heavy atom. The van der Waals surface area contributed by atoms with Crippen LogP contribution in [0.1, 0.15) is 53.4 Å². The van der Waals surface area contributed by atoms with Crippen molar-refractivity contribution in [2.75, 3.05) is 46.4 Å². The van der Waals surface area contributed by atoms with E-state index >= 15 is 0 Å². The van der Waals surface area contributed by atoms with Gasteiger partial charge in [-0.1, -0.05) is 20.8 Å². The molecule has 0 amide bonds. The molecule has 1 atom stereocenters. The van der Waals surface area contributed by atoms with Crippen molar-refractivity contribution < 1.29 is 4.74 Å². The zero-order valence-electron chi connectivity index (χ0n) is 16.0. The predicted octanol–water partition coefficient (Wildman–Crippen LogP) is 2.48. The number of ether oxygens (including phenoxy) is 1.